The molecule has 0 spiro atoms. The molecule has 0 radical (unpaired) electrons. The zero-order valence-corrected chi connectivity index (χ0v) is 64.9. The molecule has 0 aromatic carbocycles. The van der Waals surface area contributed by atoms with E-state index in [1.807, 2.05) is 0 Å². The monoisotopic (exact) mass is 1450 g/mol. The number of esters is 4. The molecule has 0 aromatic rings. The van der Waals surface area contributed by atoms with Crippen LogP contribution in [0.5, 0.6) is 0 Å². The van der Waals surface area contributed by atoms with Gasteiger partial charge in [0.2, 0.25) is 0 Å². The van der Waals surface area contributed by atoms with Crippen molar-refractivity contribution >= 4 is 39.5 Å². The number of phosphoric ester groups is 2. The topological polar surface area (TPSA) is 237 Å². The van der Waals surface area contributed by atoms with E-state index in [0.717, 1.165) is 167 Å². The van der Waals surface area contributed by atoms with E-state index in [2.05, 4.69) is 125 Å². The molecule has 0 bridgehead atoms. The lowest BCUT2D eigenvalue weighted by Crippen LogP contribution is -2.30. The minimum absolute atomic E-state index is 0.0550. The van der Waals surface area contributed by atoms with Gasteiger partial charge in [-0.15, -0.1) is 0 Å². The van der Waals surface area contributed by atoms with Crippen LogP contribution in [0.3, 0.4) is 0 Å². The van der Waals surface area contributed by atoms with E-state index < -0.39 is 97.5 Å². The molecule has 0 heterocycles. The van der Waals surface area contributed by atoms with Gasteiger partial charge in [-0.3, -0.25) is 37.3 Å². The molecule has 0 fully saturated rings. The van der Waals surface area contributed by atoms with Gasteiger partial charge >= 0.3 is 39.5 Å². The van der Waals surface area contributed by atoms with Crippen LogP contribution in [0.25, 0.3) is 0 Å². The second kappa shape index (κ2) is 73.3. The normalized spacial score (nSPS) is 14.4. The predicted octanol–water partition coefficient (Wildman–Crippen LogP) is 22.8. The van der Waals surface area contributed by atoms with Gasteiger partial charge in [-0.1, -0.05) is 260 Å². The summed E-state index contributed by atoms with van der Waals surface area (Å²) in [5, 5.41) is 10.6. The predicted molar refractivity (Wildman–Crippen MR) is 409 cm³/mol. The molecule has 100 heavy (non-hydrogen) atoms. The van der Waals surface area contributed by atoms with Gasteiger partial charge < -0.3 is 33.8 Å². The minimum Gasteiger partial charge on any atom is -0.462 e. The average Bonchev–Trinajstić information content (AvgIpc) is 0.934. The standard InChI is InChI=1S/C81H142O17P2/c1-5-9-13-17-21-25-29-33-35-36-37-38-40-44-48-52-56-60-64-68-81(86)98-77(72-92-79(84)66-62-58-54-50-46-43-39-34-30-26-22-18-14-10-6-2)74-96-100(89,90)94-70-75(82)69-93-99(87,88)95-73-76(97-80(85)67-63-59-55-51-47-42-32-28-24-20-16-12-8-4)71-91-78(83)65-61-57-53-49-45-41-31-27-23-19-15-11-7-3/h9,13,21,25-28,30-33,35,37-38,44,48,75-77,82H,5-8,10-12,14-20,22-24,29,34,36,39-43,45-47,49-74H2,1-4H3,(H,87,88)(H,89,90)/b13-9-,25-21-,30-26-,31-27-,32-28-,35-33-,38-37-,48-44-/t75-,76+,77+/m0/s1. The molecule has 0 aliphatic carbocycles. The van der Waals surface area contributed by atoms with Crippen LogP contribution in [0.4, 0.5) is 0 Å². The number of allylic oxidation sites excluding steroid dienone is 16. The van der Waals surface area contributed by atoms with Gasteiger partial charge in [0.25, 0.3) is 0 Å². The van der Waals surface area contributed by atoms with E-state index in [1.54, 1.807) is 0 Å². The third kappa shape index (κ3) is 72.3. The van der Waals surface area contributed by atoms with E-state index in [4.69, 9.17) is 37.0 Å². The summed E-state index contributed by atoms with van der Waals surface area (Å²) in [5.74, 6) is -2.22. The van der Waals surface area contributed by atoms with Crippen LogP contribution in [0.15, 0.2) is 97.2 Å². The Hall–Kier alpha value is -4.02. The van der Waals surface area contributed by atoms with Crippen LogP contribution in [-0.4, -0.2) is 96.7 Å². The zero-order valence-electron chi connectivity index (χ0n) is 63.1. The summed E-state index contributed by atoms with van der Waals surface area (Å²) in [6, 6.07) is 0. The van der Waals surface area contributed by atoms with Gasteiger partial charge in [-0.05, 0) is 148 Å². The van der Waals surface area contributed by atoms with Gasteiger partial charge in [0.1, 0.15) is 19.3 Å². The Morgan fingerprint density at radius 2 is 0.520 bits per heavy atom. The fourth-order valence-electron chi connectivity index (χ4n) is 10.5. The van der Waals surface area contributed by atoms with Crippen molar-refractivity contribution in [1.82, 2.24) is 0 Å². The molecule has 17 nitrogen and oxygen atoms in total. The largest absolute Gasteiger partial charge is 0.472 e. The number of aliphatic hydroxyl groups is 1. The maximum absolute atomic E-state index is 13.1. The van der Waals surface area contributed by atoms with Crippen LogP contribution in [0.2, 0.25) is 0 Å². The molecule has 0 aliphatic heterocycles. The molecule has 5 atom stereocenters. The van der Waals surface area contributed by atoms with Gasteiger partial charge in [0.15, 0.2) is 12.2 Å². The smallest absolute Gasteiger partial charge is 0.462 e. The fraction of sp³-hybridized carbons (Fsp3) is 0.753. The summed E-state index contributed by atoms with van der Waals surface area (Å²) in [4.78, 5) is 72.9. The van der Waals surface area contributed by atoms with E-state index >= 15 is 0 Å². The van der Waals surface area contributed by atoms with Crippen molar-refractivity contribution in [2.75, 3.05) is 39.6 Å². The van der Waals surface area contributed by atoms with E-state index in [0.29, 0.717) is 25.7 Å². The highest BCUT2D eigenvalue weighted by atomic mass is 31.2. The molecule has 0 saturated heterocycles. The third-order valence-electron chi connectivity index (χ3n) is 16.5. The minimum atomic E-state index is -4.99. The molecule has 0 aliphatic rings. The number of rotatable bonds is 74. The lowest BCUT2D eigenvalue weighted by atomic mass is 10.1. The number of phosphoric acid groups is 2. The summed E-state index contributed by atoms with van der Waals surface area (Å²) in [6.07, 6.45) is 76.7. The molecule has 0 saturated carbocycles. The highest BCUT2D eigenvalue weighted by Crippen LogP contribution is 2.45. The quantitative estimate of drug-likeness (QED) is 0.0169. The SMILES string of the molecule is CC/C=C\C/C=C\C/C=C\C/C=C\C/C=C\CCCCCC(=O)O[C@H](COC(=O)CCCCCCCCC/C=C\CCCCCC)COP(=O)(O)OC[C@@H](O)COP(=O)(O)OC[C@@H](COC(=O)CCCCCCC/C=C\CCCCCC)OC(=O)CCCCCCC/C=C\CCCCCC. The molecular formula is C81H142O17P2. The van der Waals surface area contributed by atoms with Crippen LogP contribution >= 0.6 is 15.6 Å². The van der Waals surface area contributed by atoms with Gasteiger partial charge in [0.05, 0.1) is 26.4 Å². The second-order valence-electron chi connectivity index (χ2n) is 26.3. The van der Waals surface area contributed by atoms with Crippen molar-refractivity contribution < 1.29 is 80.2 Å². The number of unbranched alkanes of at least 4 members (excludes halogenated alkanes) is 32. The highest BCUT2D eigenvalue weighted by Gasteiger charge is 2.30. The number of hydrogen-bond donors (Lipinski definition) is 3. The van der Waals surface area contributed by atoms with E-state index in [9.17, 15) is 43.2 Å². The summed E-state index contributed by atoms with van der Waals surface area (Å²) in [5.41, 5.74) is 0. The average molecular weight is 1450 g/mol. The Balaban J connectivity index is 5.39. The molecule has 0 amide bonds. The summed E-state index contributed by atoms with van der Waals surface area (Å²) < 4.78 is 68.5. The molecule has 19 heteroatoms. The second-order valence-corrected chi connectivity index (χ2v) is 29.2. The lowest BCUT2D eigenvalue weighted by molar-refractivity contribution is -0.161. The van der Waals surface area contributed by atoms with Crippen molar-refractivity contribution in [1.29, 1.82) is 0 Å². The number of carbonyl (C=O) groups is 4. The van der Waals surface area contributed by atoms with Gasteiger partial charge in [0, 0.05) is 25.7 Å². The van der Waals surface area contributed by atoms with Crippen LogP contribution in [0.1, 0.15) is 336 Å². The fourth-order valence-corrected chi connectivity index (χ4v) is 12.0. The van der Waals surface area contributed by atoms with Crippen molar-refractivity contribution in [2.24, 2.45) is 0 Å². The maximum atomic E-state index is 13.1. The first-order valence-corrected chi connectivity index (χ1v) is 42.5. The van der Waals surface area contributed by atoms with Gasteiger partial charge in [-0.25, -0.2) is 9.13 Å². The van der Waals surface area contributed by atoms with Gasteiger partial charge in [-0.2, -0.15) is 0 Å². The molecule has 0 rings (SSSR count). The lowest BCUT2D eigenvalue weighted by Gasteiger charge is -2.21. The summed E-state index contributed by atoms with van der Waals surface area (Å²) in [6.45, 7) is 4.69. The van der Waals surface area contributed by atoms with Crippen molar-refractivity contribution in [3.8, 4) is 0 Å². The first kappa shape index (κ1) is 96.0. The third-order valence-corrected chi connectivity index (χ3v) is 18.4. The van der Waals surface area contributed by atoms with E-state index in [-0.39, 0.29) is 25.7 Å². The first-order chi connectivity index (χ1) is 48.7. The number of carbonyl (C=O) groups excluding carboxylic acids is 4. The van der Waals surface area contributed by atoms with Crippen LogP contribution in [-0.2, 0) is 65.4 Å². The van der Waals surface area contributed by atoms with Crippen LogP contribution < -0.4 is 0 Å². The van der Waals surface area contributed by atoms with Crippen molar-refractivity contribution in [3.05, 3.63) is 97.2 Å². The van der Waals surface area contributed by atoms with Crippen molar-refractivity contribution in [2.45, 2.75) is 354 Å². The molecule has 0 aromatic heterocycles. The Kier molecular flexibility index (Phi) is 70.4. The van der Waals surface area contributed by atoms with E-state index in [1.165, 1.54) is 89.9 Å². The highest BCUT2D eigenvalue weighted by molar-refractivity contribution is 7.47. The molecule has 2 unspecified atom stereocenters. The number of ether oxygens (including phenoxy) is 4. The maximum Gasteiger partial charge on any atom is 0.472 e. The number of hydrogen-bond acceptors (Lipinski definition) is 15. The molecular weight excluding hydrogens is 1310 g/mol. The Bertz CT molecular complexity index is 2270. The molecule has 578 valence electrons. The first-order valence-electron chi connectivity index (χ1n) is 39.5. The summed E-state index contributed by atoms with van der Waals surface area (Å²) >= 11 is 0. The zero-order chi connectivity index (χ0) is 73.2. The Labute approximate surface area is 607 Å². The Morgan fingerprint density at radius 3 is 0.820 bits per heavy atom. The Morgan fingerprint density at radius 1 is 0.290 bits per heavy atom. The molecule has 3 N–H and O–H groups in total. The van der Waals surface area contributed by atoms with Crippen molar-refractivity contribution in [3.63, 3.8) is 0 Å². The summed E-state index contributed by atoms with van der Waals surface area (Å²) in [7, 11) is -9.96. The number of aliphatic hydroxyl groups excluding tert-OH is 1. The van der Waals surface area contributed by atoms with Crippen LogP contribution in [0, 0.1) is 0 Å².